The Morgan fingerprint density at radius 2 is 2.00 bits per heavy atom. The van der Waals surface area contributed by atoms with Crippen LogP contribution in [0.4, 0.5) is 11.4 Å². The van der Waals surface area contributed by atoms with Crippen LogP contribution >= 0.6 is 0 Å². The quantitative estimate of drug-likeness (QED) is 0.791. The molecule has 0 saturated carbocycles. The predicted molar refractivity (Wildman–Crippen MR) is 85.5 cm³/mol. The van der Waals surface area contributed by atoms with Gasteiger partial charge in [0.2, 0.25) is 5.91 Å². The molecule has 110 valence electrons. The Hall–Kier alpha value is -2.89. The van der Waals surface area contributed by atoms with Gasteiger partial charge in [-0.15, -0.1) is 0 Å². The van der Waals surface area contributed by atoms with Gasteiger partial charge in [0.15, 0.2) is 6.29 Å². The number of benzene rings is 1. The second kappa shape index (κ2) is 5.14. The first-order valence-electron chi connectivity index (χ1n) is 7.22. The Labute approximate surface area is 127 Å². The van der Waals surface area contributed by atoms with Crippen LogP contribution in [0.2, 0.25) is 0 Å². The second-order valence-electron chi connectivity index (χ2n) is 5.32. The highest BCUT2D eigenvalue weighted by Gasteiger charge is 2.23. The van der Waals surface area contributed by atoms with Crippen molar-refractivity contribution in [2.45, 2.75) is 19.1 Å². The number of hydrogen-bond acceptors (Lipinski definition) is 5. The minimum atomic E-state index is -0.149. The summed E-state index contributed by atoms with van der Waals surface area (Å²) in [6.07, 6.45) is 4.63. The van der Waals surface area contributed by atoms with E-state index in [1.54, 1.807) is 6.20 Å². The number of carbonyl (C=O) groups excluding carboxylic acids is 1. The first-order valence-corrected chi connectivity index (χ1v) is 7.22. The van der Waals surface area contributed by atoms with Gasteiger partial charge in [-0.05, 0) is 23.8 Å². The van der Waals surface area contributed by atoms with Gasteiger partial charge in [-0.3, -0.25) is 9.78 Å². The van der Waals surface area contributed by atoms with Crippen molar-refractivity contribution in [2.75, 3.05) is 10.6 Å². The number of fused-ring (bicyclic) bond motifs is 1. The third-order valence-electron chi connectivity index (χ3n) is 3.76. The van der Waals surface area contributed by atoms with Crippen LogP contribution in [-0.2, 0) is 4.79 Å². The van der Waals surface area contributed by atoms with Gasteiger partial charge >= 0.3 is 0 Å². The van der Waals surface area contributed by atoms with Crippen molar-refractivity contribution >= 4 is 23.1 Å². The minimum absolute atomic E-state index is 0.0584. The molecule has 0 spiro atoms. The summed E-state index contributed by atoms with van der Waals surface area (Å²) < 4.78 is 0. The van der Waals surface area contributed by atoms with Gasteiger partial charge in [0.05, 0.1) is 11.4 Å². The standard InChI is InChI=1S/C16H15N5O/c22-15-6-5-14(20-15)21-16-18-12-4-3-10(8-13(12)19-16)11-2-1-7-17-9-11/h1-4,7-9,16,18-19H,5-6H2,(H,20,21,22). The normalized spacial score (nSPS) is 19.2. The van der Waals surface area contributed by atoms with E-state index in [2.05, 4.69) is 38.1 Å². The van der Waals surface area contributed by atoms with Crippen LogP contribution in [0.3, 0.4) is 0 Å². The van der Waals surface area contributed by atoms with Gasteiger partial charge < -0.3 is 16.0 Å². The fourth-order valence-electron chi connectivity index (χ4n) is 2.68. The van der Waals surface area contributed by atoms with Crippen LogP contribution < -0.4 is 16.0 Å². The summed E-state index contributed by atoms with van der Waals surface area (Å²) in [7, 11) is 0. The zero-order valence-electron chi connectivity index (χ0n) is 11.8. The zero-order chi connectivity index (χ0) is 14.9. The highest BCUT2D eigenvalue weighted by molar-refractivity contribution is 6.01. The largest absolute Gasteiger partial charge is 0.347 e. The molecule has 1 unspecified atom stereocenters. The first-order chi connectivity index (χ1) is 10.8. The number of rotatable bonds is 2. The molecule has 6 nitrogen and oxygen atoms in total. The summed E-state index contributed by atoms with van der Waals surface area (Å²) in [5.41, 5.74) is 4.23. The Kier molecular flexibility index (Phi) is 3.00. The molecule has 3 heterocycles. The number of anilines is 2. The van der Waals surface area contributed by atoms with Crippen LogP contribution in [0.15, 0.2) is 47.7 Å². The van der Waals surface area contributed by atoms with Gasteiger partial charge in [0, 0.05) is 30.8 Å². The molecule has 3 N–H and O–H groups in total. The van der Waals surface area contributed by atoms with E-state index in [9.17, 15) is 4.79 Å². The van der Waals surface area contributed by atoms with Crippen LogP contribution in [0.5, 0.6) is 0 Å². The van der Waals surface area contributed by atoms with Crippen molar-refractivity contribution in [2.24, 2.45) is 4.99 Å². The summed E-state index contributed by atoms with van der Waals surface area (Å²) in [4.78, 5) is 19.3. The van der Waals surface area contributed by atoms with Crippen molar-refractivity contribution in [3.05, 3.63) is 42.7 Å². The third-order valence-corrected chi connectivity index (χ3v) is 3.76. The van der Waals surface area contributed by atoms with E-state index in [1.165, 1.54) is 0 Å². The number of amidine groups is 1. The Morgan fingerprint density at radius 1 is 1.09 bits per heavy atom. The maximum absolute atomic E-state index is 11.2. The molecule has 1 amide bonds. The van der Waals surface area contributed by atoms with E-state index < -0.39 is 0 Å². The molecule has 2 aliphatic heterocycles. The summed E-state index contributed by atoms with van der Waals surface area (Å²) >= 11 is 0. The molecule has 1 aromatic carbocycles. The molecule has 1 aromatic heterocycles. The lowest BCUT2D eigenvalue weighted by atomic mass is 10.1. The van der Waals surface area contributed by atoms with Gasteiger partial charge in [-0.1, -0.05) is 12.1 Å². The highest BCUT2D eigenvalue weighted by atomic mass is 16.1. The van der Waals surface area contributed by atoms with Crippen molar-refractivity contribution in [3.8, 4) is 11.1 Å². The molecular weight excluding hydrogens is 278 g/mol. The molecule has 0 fully saturated rings. The maximum atomic E-state index is 11.2. The van der Waals surface area contributed by atoms with Crippen LogP contribution in [0, 0.1) is 0 Å². The number of aromatic nitrogens is 1. The first kappa shape index (κ1) is 12.8. The average molecular weight is 293 g/mol. The molecule has 0 bridgehead atoms. The number of carbonyl (C=O) groups is 1. The summed E-state index contributed by atoms with van der Waals surface area (Å²) in [5, 5.41) is 9.89. The van der Waals surface area contributed by atoms with E-state index in [0.29, 0.717) is 12.8 Å². The highest BCUT2D eigenvalue weighted by Crippen LogP contribution is 2.32. The molecule has 0 radical (unpaired) electrons. The maximum Gasteiger partial charge on any atom is 0.247 e. The van der Waals surface area contributed by atoms with E-state index in [-0.39, 0.29) is 12.2 Å². The number of nitrogens with zero attached hydrogens (tertiary/aromatic N) is 2. The fraction of sp³-hybridized carbons (Fsp3) is 0.188. The van der Waals surface area contributed by atoms with Crippen LogP contribution in [0.1, 0.15) is 12.8 Å². The van der Waals surface area contributed by atoms with Crippen molar-refractivity contribution in [1.29, 1.82) is 0 Å². The molecule has 0 saturated heterocycles. The monoisotopic (exact) mass is 293 g/mol. The molecular formula is C16H15N5O. The van der Waals surface area contributed by atoms with Gasteiger partial charge in [-0.2, -0.15) is 0 Å². The SMILES string of the molecule is O=C1CCC(NC2Nc3ccc(-c4cccnc4)cc3N2)=N1. The number of aliphatic imine (C=N–C) groups is 1. The molecule has 2 aromatic rings. The summed E-state index contributed by atoms with van der Waals surface area (Å²) in [6, 6.07) is 10.1. The topological polar surface area (TPSA) is 78.4 Å². The predicted octanol–water partition coefficient (Wildman–Crippen LogP) is 2.18. The van der Waals surface area contributed by atoms with Crippen LogP contribution in [-0.4, -0.2) is 23.0 Å². The van der Waals surface area contributed by atoms with Crippen LogP contribution in [0.25, 0.3) is 11.1 Å². The molecule has 22 heavy (non-hydrogen) atoms. The summed E-state index contributed by atoms with van der Waals surface area (Å²) in [6.45, 7) is 0. The fourth-order valence-corrected chi connectivity index (χ4v) is 2.68. The molecule has 2 aliphatic rings. The Morgan fingerprint density at radius 3 is 2.77 bits per heavy atom. The van der Waals surface area contributed by atoms with Gasteiger partial charge in [-0.25, -0.2) is 4.99 Å². The average Bonchev–Trinajstić information content (AvgIpc) is 3.13. The van der Waals surface area contributed by atoms with Gasteiger partial charge in [0.1, 0.15) is 5.84 Å². The second-order valence-corrected chi connectivity index (χ2v) is 5.32. The lowest BCUT2D eigenvalue weighted by molar-refractivity contribution is -0.117. The van der Waals surface area contributed by atoms with E-state index in [0.717, 1.165) is 28.3 Å². The van der Waals surface area contributed by atoms with E-state index in [1.807, 2.05) is 24.4 Å². The van der Waals surface area contributed by atoms with Crippen molar-refractivity contribution < 1.29 is 4.79 Å². The lowest BCUT2D eigenvalue weighted by Gasteiger charge is -2.14. The van der Waals surface area contributed by atoms with Crippen molar-refractivity contribution in [3.63, 3.8) is 0 Å². The zero-order valence-corrected chi connectivity index (χ0v) is 11.8. The molecule has 4 rings (SSSR count). The smallest absolute Gasteiger partial charge is 0.247 e. The Balaban J connectivity index is 1.52. The number of pyridine rings is 1. The van der Waals surface area contributed by atoms with E-state index in [4.69, 9.17) is 0 Å². The summed E-state index contributed by atoms with van der Waals surface area (Å²) in [5.74, 6) is 0.673. The van der Waals surface area contributed by atoms with E-state index >= 15 is 0 Å². The van der Waals surface area contributed by atoms with Crippen molar-refractivity contribution in [1.82, 2.24) is 10.3 Å². The minimum Gasteiger partial charge on any atom is -0.347 e. The third kappa shape index (κ3) is 2.39. The molecule has 6 heteroatoms. The number of nitrogens with one attached hydrogen (secondary N) is 3. The molecule has 1 atom stereocenters. The Bertz CT molecular complexity index is 756. The molecule has 0 aliphatic carbocycles. The number of amides is 1. The lowest BCUT2D eigenvalue weighted by Crippen LogP contribution is -2.42. The van der Waals surface area contributed by atoms with Gasteiger partial charge in [0.25, 0.3) is 0 Å². The number of hydrogen-bond donors (Lipinski definition) is 3.